The van der Waals surface area contributed by atoms with Crippen LogP contribution in [0.2, 0.25) is 0 Å². The molecule has 272 valence electrons. The Bertz CT molecular complexity index is 2090. The van der Waals surface area contributed by atoms with Crippen LogP contribution in [0.4, 0.5) is 22.0 Å². The summed E-state index contributed by atoms with van der Waals surface area (Å²) in [7, 11) is 0. The molecule has 1 saturated heterocycles. The number of aryl methyl sites for hydroxylation is 2. The van der Waals surface area contributed by atoms with E-state index in [0.29, 0.717) is 23.0 Å². The summed E-state index contributed by atoms with van der Waals surface area (Å²) in [6.07, 6.45) is -1.98. The highest BCUT2D eigenvalue weighted by Gasteiger charge is 2.31. The van der Waals surface area contributed by atoms with E-state index < -0.39 is 28.9 Å². The maximum Gasteiger partial charge on any atom is 0.416 e. The summed E-state index contributed by atoms with van der Waals surface area (Å²) in [5.41, 5.74) is 1.43. The second-order valence-corrected chi connectivity index (χ2v) is 14.3. The lowest BCUT2D eigenvalue weighted by Gasteiger charge is -2.36. The van der Waals surface area contributed by atoms with Gasteiger partial charge in [-0.1, -0.05) is 74.5 Å². The Balaban J connectivity index is 1.29. The zero-order chi connectivity index (χ0) is 37.0. The third-order valence-electron chi connectivity index (χ3n) is 9.61. The lowest BCUT2D eigenvalue weighted by molar-refractivity contribution is -0.137. The maximum atomic E-state index is 14.6. The molecular weight excluding hydrogens is 675 g/mol. The van der Waals surface area contributed by atoms with Crippen molar-refractivity contribution < 1.29 is 26.7 Å². The highest BCUT2D eigenvalue weighted by atomic mass is 19.4. The van der Waals surface area contributed by atoms with Gasteiger partial charge in [-0.2, -0.15) is 18.2 Å². The van der Waals surface area contributed by atoms with Crippen LogP contribution in [0.15, 0.2) is 95.8 Å². The van der Waals surface area contributed by atoms with Crippen molar-refractivity contribution in [2.75, 3.05) is 26.2 Å². The van der Waals surface area contributed by atoms with Gasteiger partial charge in [0.25, 0.3) is 5.56 Å². The smallest absolute Gasteiger partial charge is 0.336 e. The summed E-state index contributed by atoms with van der Waals surface area (Å²) in [5.74, 6) is -1.84. The van der Waals surface area contributed by atoms with Crippen LogP contribution in [0, 0.1) is 17.0 Å². The van der Waals surface area contributed by atoms with Crippen molar-refractivity contribution in [1.82, 2.24) is 19.4 Å². The largest absolute Gasteiger partial charge is 0.416 e. The molecule has 4 aromatic carbocycles. The first kappa shape index (κ1) is 36.9. The van der Waals surface area contributed by atoms with Crippen LogP contribution < -0.4 is 5.56 Å². The van der Waals surface area contributed by atoms with Gasteiger partial charge >= 0.3 is 6.18 Å². The van der Waals surface area contributed by atoms with Crippen LogP contribution in [-0.2, 0) is 36.9 Å². The lowest BCUT2D eigenvalue weighted by atomic mass is 9.91. The van der Waals surface area contributed by atoms with Gasteiger partial charge in [0, 0.05) is 26.1 Å². The molecule has 0 saturated carbocycles. The number of likely N-dealkylation sites (tertiary alicyclic amines) is 1. The number of nitrogens with zero attached hydrogens (tertiary/aromatic N) is 4. The fourth-order valence-electron chi connectivity index (χ4n) is 7.08. The average Bonchev–Trinajstić information content (AvgIpc) is 3.62. The molecule has 1 amide bonds. The number of benzene rings is 4. The van der Waals surface area contributed by atoms with Crippen molar-refractivity contribution in [2.24, 2.45) is 5.41 Å². The molecule has 0 spiro atoms. The van der Waals surface area contributed by atoms with Gasteiger partial charge < -0.3 is 14.4 Å². The molecule has 0 bridgehead atoms. The second kappa shape index (κ2) is 15.4. The minimum atomic E-state index is -4.42. The van der Waals surface area contributed by atoms with E-state index in [-0.39, 0.29) is 48.6 Å². The number of aromatic nitrogens is 2. The Morgan fingerprint density at radius 3 is 2.15 bits per heavy atom. The highest BCUT2D eigenvalue weighted by molar-refractivity contribution is 5.82. The molecule has 1 aliphatic heterocycles. The second-order valence-electron chi connectivity index (χ2n) is 14.3. The zero-order valence-corrected chi connectivity index (χ0v) is 29.2. The predicted octanol–water partition coefficient (Wildman–Crippen LogP) is 8.30. The summed E-state index contributed by atoms with van der Waals surface area (Å²) in [5, 5.41) is 0.343. The van der Waals surface area contributed by atoms with E-state index in [4.69, 9.17) is 0 Å². The van der Waals surface area contributed by atoms with Crippen LogP contribution in [0.25, 0.3) is 22.0 Å². The quantitative estimate of drug-likeness (QED) is 0.122. The summed E-state index contributed by atoms with van der Waals surface area (Å²) >= 11 is 0. The van der Waals surface area contributed by atoms with Crippen LogP contribution >= 0.6 is 0 Å². The summed E-state index contributed by atoms with van der Waals surface area (Å²) < 4.78 is 69.6. The minimum Gasteiger partial charge on any atom is -0.336 e. The van der Waals surface area contributed by atoms with E-state index in [1.54, 1.807) is 33.7 Å². The molecule has 52 heavy (non-hydrogen) atoms. The van der Waals surface area contributed by atoms with Gasteiger partial charge in [-0.3, -0.25) is 9.59 Å². The molecule has 0 radical (unpaired) electrons. The number of carbonyl (C=O) groups excluding carboxylic acids is 1. The predicted molar refractivity (Wildman–Crippen MR) is 192 cm³/mol. The van der Waals surface area contributed by atoms with Crippen molar-refractivity contribution in [3.05, 3.63) is 135 Å². The molecule has 1 aliphatic rings. The summed E-state index contributed by atoms with van der Waals surface area (Å²) in [6, 6.07) is 23.3. The van der Waals surface area contributed by atoms with Gasteiger partial charge in [0.15, 0.2) is 11.6 Å². The molecular formula is C41H41F5N4O2. The summed E-state index contributed by atoms with van der Waals surface area (Å²) in [4.78, 5) is 36.1. The van der Waals surface area contributed by atoms with E-state index in [0.717, 1.165) is 61.8 Å². The van der Waals surface area contributed by atoms with Gasteiger partial charge in [0.05, 0.1) is 16.5 Å². The van der Waals surface area contributed by atoms with Crippen molar-refractivity contribution in [3.8, 4) is 11.1 Å². The number of carbonyl (C=O) groups is 1. The van der Waals surface area contributed by atoms with E-state index in [9.17, 15) is 31.5 Å². The van der Waals surface area contributed by atoms with E-state index in [1.165, 1.54) is 24.3 Å². The third-order valence-corrected chi connectivity index (χ3v) is 9.61. The molecule has 0 atom stereocenters. The van der Waals surface area contributed by atoms with Crippen molar-refractivity contribution in [2.45, 2.75) is 58.8 Å². The van der Waals surface area contributed by atoms with E-state index >= 15 is 0 Å². The van der Waals surface area contributed by atoms with Crippen molar-refractivity contribution >= 4 is 16.8 Å². The topological polar surface area (TPSA) is 58.4 Å². The third kappa shape index (κ3) is 8.75. The molecule has 0 N–H and O–H groups in total. The Hall–Kier alpha value is -4.90. The first-order valence-electron chi connectivity index (χ1n) is 17.5. The first-order valence-corrected chi connectivity index (χ1v) is 17.5. The fourth-order valence-corrected chi connectivity index (χ4v) is 7.08. The van der Waals surface area contributed by atoms with Gasteiger partial charge in [0.1, 0.15) is 12.4 Å². The Morgan fingerprint density at radius 1 is 0.827 bits per heavy atom. The standard InChI is InChI=1S/C41H41F5N4O2/c1-40(2,26-48-22-5-6-23-48)27-49(24-28-12-14-29(15-13-28)30-16-19-32(20-17-30)41(44,45)46)37(51)25-50-35-11-4-3-9-33(35)39(52)47-36(50)21-18-31-8-7-10-34(42)38(31)43/h3-4,7-17,19-20H,5-6,18,21-27H2,1-2H3. The first-order chi connectivity index (χ1) is 24.8. The number of alkyl halides is 3. The van der Waals surface area contributed by atoms with Gasteiger partial charge in [-0.25, -0.2) is 8.78 Å². The average molecular weight is 717 g/mol. The number of amides is 1. The molecule has 0 aliphatic carbocycles. The molecule has 1 aromatic heterocycles. The lowest BCUT2D eigenvalue weighted by Crippen LogP contribution is -2.45. The van der Waals surface area contributed by atoms with E-state index in [1.807, 2.05) is 24.3 Å². The molecule has 6 nitrogen and oxygen atoms in total. The number of rotatable bonds is 12. The molecule has 5 aromatic rings. The Morgan fingerprint density at radius 2 is 1.48 bits per heavy atom. The zero-order valence-electron chi connectivity index (χ0n) is 29.2. The minimum absolute atomic E-state index is 0.0699. The van der Waals surface area contributed by atoms with E-state index in [2.05, 4.69) is 23.7 Å². The number of fused-ring (bicyclic) bond motifs is 1. The molecule has 0 unspecified atom stereocenters. The Kier molecular flexibility index (Phi) is 10.9. The van der Waals surface area contributed by atoms with Gasteiger partial charge in [-0.05, 0) is 90.4 Å². The van der Waals surface area contributed by atoms with Crippen LogP contribution in [0.5, 0.6) is 0 Å². The number of halogens is 5. The van der Waals surface area contributed by atoms with Crippen LogP contribution in [0.1, 0.15) is 49.2 Å². The molecule has 2 heterocycles. The van der Waals surface area contributed by atoms with Crippen molar-refractivity contribution in [3.63, 3.8) is 0 Å². The summed E-state index contributed by atoms with van der Waals surface area (Å²) in [6.45, 7) is 7.64. The van der Waals surface area contributed by atoms with Crippen molar-refractivity contribution in [1.29, 1.82) is 0 Å². The number of hydrogen-bond donors (Lipinski definition) is 0. The number of hydrogen-bond acceptors (Lipinski definition) is 4. The molecule has 11 heteroatoms. The van der Waals surface area contributed by atoms with Crippen LogP contribution in [0.3, 0.4) is 0 Å². The maximum absolute atomic E-state index is 14.6. The monoisotopic (exact) mass is 716 g/mol. The molecule has 1 fully saturated rings. The van der Waals surface area contributed by atoms with Gasteiger partial charge in [0.2, 0.25) is 5.91 Å². The number of para-hydroxylation sites is 1. The van der Waals surface area contributed by atoms with Crippen LogP contribution in [-0.4, -0.2) is 51.4 Å². The SMILES string of the molecule is CC(C)(CN1CCCC1)CN(Cc1ccc(-c2ccc(C(F)(F)F)cc2)cc1)C(=O)Cn1c(CCc2cccc(F)c2F)nc(=O)c2ccccc21. The Labute approximate surface area is 299 Å². The molecule has 6 rings (SSSR count). The highest BCUT2D eigenvalue weighted by Crippen LogP contribution is 2.31. The normalized spacial score (nSPS) is 13.9. The van der Waals surface area contributed by atoms with Gasteiger partial charge in [-0.15, -0.1) is 0 Å². The fraction of sp³-hybridized carbons (Fsp3) is 0.341.